The molecule has 2 aliphatic carbocycles. The quantitative estimate of drug-likeness (QED) is 0.830. The fraction of sp³-hybridized carbons (Fsp3) is 0.588. The molecule has 1 aromatic carbocycles. The van der Waals surface area contributed by atoms with Crippen molar-refractivity contribution in [1.82, 2.24) is 5.32 Å². The minimum atomic E-state index is 0.0648. The molecule has 1 aromatic rings. The molecule has 2 N–H and O–H groups in total. The van der Waals surface area contributed by atoms with Crippen molar-refractivity contribution in [3.8, 4) is 0 Å². The standard InChI is InChI=1S/C13H16ClNO.C4H8O/c14-12-7-3-6-11(8-12)13(15-9-16)10-4-1-2-5-10;5-4-2-1-3-4/h3,6-10,13H,1-2,4-5H2,(H,15,16);4-5H,1-3H2. The third-order valence-electron chi connectivity index (χ3n) is 4.40. The van der Waals surface area contributed by atoms with E-state index in [9.17, 15) is 4.79 Å². The van der Waals surface area contributed by atoms with Crippen molar-refractivity contribution < 1.29 is 9.90 Å². The first-order valence-corrected chi connectivity index (χ1v) is 8.21. The van der Waals surface area contributed by atoms with Gasteiger partial charge in [-0.15, -0.1) is 0 Å². The predicted molar refractivity (Wildman–Crippen MR) is 85.2 cm³/mol. The zero-order valence-electron chi connectivity index (χ0n) is 12.3. The van der Waals surface area contributed by atoms with Gasteiger partial charge in [0.25, 0.3) is 0 Å². The molecule has 0 heterocycles. The number of carbonyl (C=O) groups excluding carboxylic acids is 1. The van der Waals surface area contributed by atoms with E-state index in [4.69, 9.17) is 16.7 Å². The van der Waals surface area contributed by atoms with Gasteiger partial charge in [0, 0.05) is 5.02 Å². The Hall–Kier alpha value is -1.06. The Morgan fingerprint density at radius 2 is 1.86 bits per heavy atom. The average molecular weight is 310 g/mol. The van der Waals surface area contributed by atoms with Crippen LogP contribution < -0.4 is 5.32 Å². The number of benzene rings is 1. The first-order valence-electron chi connectivity index (χ1n) is 7.84. The van der Waals surface area contributed by atoms with Crippen molar-refractivity contribution >= 4 is 18.0 Å². The number of rotatable bonds is 4. The highest BCUT2D eigenvalue weighted by Gasteiger charge is 2.25. The molecule has 3 rings (SSSR count). The normalized spacial score (nSPS) is 20.1. The predicted octanol–water partition coefficient (Wildman–Crippen LogP) is 3.85. The molecule has 1 amide bonds. The maximum absolute atomic E-state index is 10.7. The van der Waals surface area contributed by atoms with Crippen LogP contribution in [0, 0.1) is 5.92 Å². The molecule has 0 radical (unpaired) electrons. The van der Waals surface area contributed by atoms with E-state index in [0.717, 1.165) is 29.8 Å². The molecule has 21 heavy (non-hydrogen) atoms. The number of carbonyl (C=O) groups is 1. The summed E-state index contributed by atoms with van der Waals surface area (Å²) in [7, 11) is 0. The summed E-state index contributed by atoms with van der Waals surface area (Å²) in [6.45, 7) is 0. The Kier molecular flexibility index (Phi) is 6.52. The monoisotopic (exact) mass is 309 g/mol. The summed E-state index contributed by atoms with van der Waals surface area (Å²) in [4.78, 5) is 10.7. The zero-order valence-corrected chi connectivity index (χ0v) is 13.1. The largest absolute Gasteiger partial charge is 0.393 e. The average Bonchev–Trinajstić information content (AvgIpc) is 2.97. The number of aliphatic hydroxyl groups excluding tert-OH is 1. The highest BCUT2D eigenvalue weighted by Crippen LogP contribution is 2.36. The lowest BCUT2D eigenvalue weighted by molar-refractivity contribution is -0.110. The summed E-state index contributed by atoms with van der Waals surface area (Å²) in [6, 6.07) is 7.90. The number of nitrogens with one attached hydrogen (secondary N) is 1. The lowest BCUT2D eigenvalue weighted by atomic mass is 9.92. The molecule has 1 atom stereocenters. The van der Waals surface area contributed by atoms with Crippen LogP contribution in [0.4, 0.5) is 0 Å². The van der Waals surface area contributed by atoms with Gasteiger partial charge in [-0.3, -0.25) is 4.79 Å². The SMILES string of the molecule is O=CNC(c1cccc(Cl)c1)C1CCCC1.OC1CCC1. The van der Waals surface area contributed by atoms with Crippen LogP contribution in [-0.4, -0.2) is 17.6 Å². The molecular formula is C17H24ClNO2. The maximum Gasteiger partial charge on any atom is 0.207 e. The lowest BCUT2D eigenvalue weighted by Gasteiger charge is -2.23. The first-order chi connectivity index (χ1) is 10.2. The second-order valence-electron chi connectivity index (χ2n) is 5.95. The van der Waals surface area contributed by atoms with Crippen LogP contribution in [0.5, 0.6) is 0 Å². The van der Waals surface area contributed by atoms with Gasteiger partial charge >= 0.3 is 0 Å². The Morgan fingerprint density at radius 3 is 2.33 bits per heavy atom. The van der Waals surface area contributed by atoms with Crippen molar-refractivity contribution in [3.05, 3.63) is 34.9 Å². The third-order valence-corrected chi connectivity index (χ3v) is 4.64. The molecule has 116 valence electrons. The van der Waals surface area contributed by atoms with Gasteiger partial charge in [-0.25, -0.2) is 0 Å². The maximum atomic E-state index is 10.7. The second kappa shape index (κ2) is 8.40. The molecule has 0 aliphatic heterocycles. The summed E-state index contributed by atoms with van der Waals surface area (Å²) >= 11 is 5.98. The molecule has 1 unspecified atom stereocenters. The van der Waals surface area contributed by atoms with Gasteiger partial charge in [-0.05, 0) is 55.7 Å². The van der Waals surface area contributed by atoms with Gasteiger partial charge in [-0.1, -0.05) is 36.6 Å². The number of aliphatic hydroxyl groups is 1. The van der Waals surface area contributed by atoms with Crippen LogP contribution in [0.1, 0.15) is 56.6 Å². The van der Waals surface area contributed by atoms with Gasteiger partial charge in [-0.2, -0.15) is 0 Å². The Labute approximate surface area is 131 Å². The summed E-state index contributed by atoms with van der Waals surface area (Å²) in [5, 5.41) is 12.1. The number of halogens is 1. The first kappa shape index (κ1) is 16.3. The van der Waals surface area contributed by atoms with E-state index < -0.39 is 0 Å². The zero-order chi connectivity index (χ0) is 15.1. The minimum Gasteiger partial charge on any atom is -0.393 e. The van der Waals surface area contributed by atoms with Crippen LogP contribution in [0.3, 0.4) is 0 Å². The molecule has 2 saturated carbocycles. The van der Waals surface area contributed by atoms with Crippen LogP contribution >= 0.6 is 11.6 Å². The van der Waals surface area contributed by atoms with E-state index in [-0.39, 0.29) is 12.1 Å². The van der Waals surface area contributed by atoms with Crippen LogP contribution in [0.15, 0.2) is 24.3 Å². The molecular weight excluding hydrogens is 286 g/mol. The molecule has 0 spiro atoms. The Bertz CT molecular complexity index is 442. The molecule has 0 bridgehead atoms. The van der Waals surface area contributed by atoms with E-state index in [0.29, 0.717) is 5.92 Å². The van der Waals surface area contributed by atoms with Crippen molar-refractivity contribution in [3.63, 3.8) is 0 Å². The van der Waals surface area contributed by atoms with Crippen LogP contribution in [-0.2, 0) is 4.79 Å². The minimum absolute atomic E-state index is 0.0648. The van der Waals surface area contributed by atoms with Gasteiger partial charge in [0.05, 0.1) is 12.1 Å². The highest BCUT2D eigenvalue weighted by molar-refractivity contribution is 6.30. The molecule has 0 aromatic heterocycles. The van der Waals surface area contributed by atoms with Gasteiger partial charge in [0.15, 0.2) is 0 Å². The fourth-order valence-electron chi connectivity index (χ4n) is 2.96. The molecule has 0 saturated heterocycles. The molecule has 4 heteroatoms. The van der Waals surface area contributed by atoms with Crippen molar-refractivity contribution in [1.29, 1.82) is 0 Å². The number of amides is 1. The van der Waals surface area contributed by atoms with Gasteiger partial charge < -0.3 is 10.4 Å². The molecule has 2 fully saturated rings. The van der Waals surface area contributed by atoms with E-state index in [1.165, 1.54) is 32.1 Å². The van der Waals surface area contributed by atoms with Crippen molar-refractivity contribution in [2.75, 3.05) is 0 Å². The lowest BCUT2D eigenvalue weighted by Crippen LogP contribution is -2.25. The number of hydrogen-bond donors (Lipinski definition) is 2. The molecule has 2 aliphatic rings. The van der Waals surface area contributed by atoms with Crippen molar-refractivity contribution in [2.24, 2.45) is 5.92 Å². The van der Waals surface area contributed by atoms with Gasteiger partial charge in [0.2, 0.25) is 6.41 Å². The summed E-state index contributed by atoms with van der Waals surface area (Å²) < 4.78 is 0. The summed E-state index contributed by atoms with van der Waals surface area (Å²) in [5.41, 5.74) is 1.12. The third kappa shape index (κ3) is 5.01. The van der Waals surface area contributed by atoms with Crippen LogP contribution in [0.2, 0.25) is 5.02 Å². The number of hydrogen-bond acceptors (Lipinski definition) is 2. The summed E-state index contributed by atoms with van der Waals surface area (Å²) in [6.07, 6.45) is 9.10. The van der Waals surface area contributed by atoms with E-state index in [1.54, 1.807) is 0 Å². The highest BCUT2D eigenvalue weighted by atomic mass is 35.5. The van der Waals surface area contributed by atoms with E-state index in [1.807, 2.05) is 24.3 Å². The smallest absolute Gasteiger partial charge is 0.207 e. The van der Waals surface area contributed by atoms with Crippen molar-refractivity contribution in [2.45, 2.75) is 57.1 Å². The Morgan fingerprint density at radius 1 is 1.19 bits per heavy atom. The second-order valence-corrected chi connectivity index (χ2v) is 6.38. The van der Waals surface area contributed by atoms with Crippen LogP contribution in [0.25, 0.3) is 0 Å². The van der Waals surface area contributed by atoms with E-state index >= 15 is 0 Å². The fourth-order valence-corrected chi connectivity index (χ4v) is 3.15. The Balaban J connectivity index is 0.000000272. The topological polar surface area (TPSA) is 49.3 Å². The molecule has 3 nitrogen and oxygen atoms in total. The summed E-state index contributed by atoms with van der Waals surface area (Å²) in [5.74, 6) is 0.559. The van der Waals surface area contributed by atoms with E-state index in [2.05, 4.69) is 5.32 Å². The van der Waals surface area contributed by atoms with Gasteiger partial charge in [0.1, 0.15) is 0 Å².